The molecular formula is C21H22FN3O3. The third kappa shape index (κ3) is 4.94. The minimum Gasteiger partial charge on any atom is -0.342 e. The molecule has 1 aliphatic rings. The van der Waals surface area contributed by atoms with Crippen LogP contribution in [0.5, 0.6) is 0 Å². The van der Waals surface area contributed by atoms with Gasteiger partial charge in [0, 0.05) is 32.1 Å². The first kappa shape index (κ1) is 19.5. The third-order valence-electron chi connectivity index (χ3n) is 4.64. The van der Waals surface area contributed by atoms with E-state index in [0.29, 0.717) is 18.8 Å². The van der Waals surface area contributed by atoms with E-state index >= 15 is 0 Å². The Hall–Kier alpha value is -3.22. The minimum atomic E-state index is -0.587. The maximum atomic E-state index is 13.7. The SMILES string of the molecule is CC(=O)Nc1cc(NC(=O)C2CC(=O)N(CCc3ccccc3)C2)ccc1F. The molecule has 0 bridgehead atoms. The normalized spacial score (nSPS) is 16.1. The van der Waals surface area contributed by atoms with Crippen molar-refractivity contribution in [1.29, 1.82) is 0 Å². The number of carbonyl (C=O) groups is 3. The molecular weight excluding hydrogens is 361 g/mol. The fourth-order valence-corrected chi connectivity index (χ4v) is 3.21. The predicted molar refractivity (Wildman–Crippen MR) is 104 cm³/mol. The first-order valence-electron chi connectivity index (χ1n) is 9.12. The van der Waals surface area contributed by atoms with E-state index in [1.807, 2.05) is 30.3 Å². The second kappa shape index (κ2) is 8.65. The van der Waals surface area contributed by atoms with E-state index in [4.69, 9.17) is 0 Å². The zero-order valence-electron chi connectivity index (χ0n) is 15.6. The molecule has 1 aliphatic heterocycles. The number of rotatable bonds is 6. The highest BCUT2D eigenvalue weighted by Crippen LogP contribution is 2.23. The molecule has 0 aliphatic carbocycles. The lowest BCUT2D eigenvalue weighted by Crippen LogP contribution is -2.30. The molecule has 146 valence electrons. The Kier molecular flexibility index (Phi) is 6.03. The van der Waals surface area contributed by atoms with Gasteiger partial charge >= 0.3 is 0 Å². The Balaban J connectivity index is 1.58. The molecule has 7 heteroatoms. The molecule has 0 radical (unpaired) electrons. The fourth-order valence-electron chi connectivity index (χ4n) is 3.21. The predicted octanol–water partition coefficient (Wildman–Crippen LogP) is 2.81. The second-order valence-corrected chi connectivity index (χ2v) is 6.84. The van der Waals surface area contributed by atoms with Crippen molar-refractivity contribution in [2.24, 2.45) is 5.92 Å². The van der Waals surface area contributed by atoms with Gasteiger partial charge in [-0.05, 0) is 30.2 Å². The number of hydrogen-bond acceptors (Lipinski definition) is 3. The molecule has 3 rings (SSSR count). The van der Waals surface area contributed by atoms with Crippen LogP contribution in [0.4, 0.5) is 15.8 Å². The van der Waals surface area contributed by atoms with Crippen molar-refractivity contribution in [3.05, 3.63) is 59.9 Å². The van der Waals surface area contributed by atoms with Crippen LogP contribution in [-0.2, 0) is 20.8 Å². The van der Waals surface area contributed by atoms with Gasteiger partial charge in [-0.2, -0.15) is 0 Å². The number of nitrogens with zero attached hydrogens (tertiary/aromatic N) is 1. The van der Waals surface area contributed by atoms with Gasteiger partial charge in [-0.1, -0.05) is 30.3 Å². The number of nitrogens with one attached hydrogen (secondary N) is 2. The molecule has 1 fully saturated rings. The van der Waals surface area contributed by atoms with E-state index in [0.717, 1.165) is 12.0 Å². The van der Waals surface area contributed by atoms with Gasteiger partial charge in [-0.25, -0.2) is 4.39 Å². The van der Waals surface area contributed by atoms with Crippen molar-refractivity contribution in [3.8, 4) is 0 Å². The Morgan fingerprint density at radius 2 is 1.89 bits per heavy atom. The van der Waals surface area contributed by atoms with Gasteiger partial charge in [-0.3, -0.25) is 14.4 Å². The summed E-state index contributed by atoms with van der Waals surface area (Å²) in [5.41, 5.74) is 1.50. The van der Waals surface area contributed by atoms with Gasteiger partial charge in [0.15, 0.2) is 0 Å². The van der Waals surface area contributed by atoms with Crippen LogP contribution >= 0.6 is 0 Å². The number of benzene rings is 2. The maximum absolute atomic E-state index is 13.7. The number of anilines is 2. The summed E-state index contributed by atoms with van der Waals surface area (Å²) in [7, 11) is 0. The number of likely N-dealkylation sites (tertiary alicyclic amines) is 1. The molecule has 1 atom stereocenters. The van der Waals surface area contributed by atoms with E-state index in [-0.39, 0.29) is 23.9 Å². The zero-order chi connectivity index (χ0) is 20.1. The van der Waals surface area contributed by atoms with Crippen molar-refractivity contribution in [2.45, 2.75) is 19.8 Å². The quantitative estimate of drug-likeness (QED) is 0.805. The second-order valence-electron chi connectivity index (χ2n) is 6.84. The lowest BCUT2D eigenvalue weighted by molar-refractivity contribution is -0.128. The maximum Gasteiger partial charge on any atom is 0.229 e. The monoisotopic (exact) mass is 383 g/mol. The molecule has 1 heterocycles. The minimum absolute atomic E-state index is 0.00251. The number of carbonyl (C=O) groups excluding carboxylic acids is 3. The van der Waals surface area contributed by atoms with Crippen LogP contribution in [-0.4, -0.2) is 35.7 Å². The van der Waals surface area contributed by atoms with Gasteiger partial charge in [0.25, 0.3) is 0 Å². The number of halogens is 1. The van der Waals surface area contributed by atoms with E-state index in [1.165, 1.54) is 25.1 Å². The molecule has 2 aromatic rings. The summed E-state index contributed by atoms with van der Waals surface area (Å²) in [6.45, 7) is 2.20. The van der Waals surface area contributed by atoms with Crippen molar-refractivity contribution in [3.63, 3.8) is 0 Å². The molecule has 28 heavy (non-hydrogen) atoms. The smallest absolute Gasteiger partial charge is 0.229 e. The van der Waals surface area contributed by atoms with Crippen LogP contribution in [0.3, 0.4) is 0 Å². The van der Waals surface area contributed by atoms with Crippen LogP contribution in [0.1, 0.15) is 18.9 Å². The average Bonchev–Trinajstić information content (AvgIpc) is 3.04. The Labute approximate surface area is 162 Å². The Bertz CT molecular complexity index is 886. The molecule has 3 amide bonds. The molecule has 2 N–H and O–H groups in total. The van der Waals surface area contributed by atoms with Crippen LogP contribution in [0, 0.1) is 11.7 Å². The Morgan fingerprint density at radius 3 is 2.61 bits per heavy atom. The molecule has 0 spiro atoms. The van der Waals surface area contributed by atoms with Gasteiger partial charge < -0.3 is 15.5 Å². The van der Waals surface area contributed by atoms with Crippen molar-refractivity contribution in [2.75, 3.05) is 23.7 Å². The summed E-state index contributed by atoms with van der Waals surface area (Å²) in [4.78, 5) is 37.6. The topological polar surface area (TPSA) is 78.5 Å². The summed E-state index contributed by atoms with van der Waals surface area (Å²) < 4.78 is 13.7. The zero-order valence-corrected chi connectivity index (χ0v) is 15.6. The van der Waals surface area contributed by atoms with Crippen LogP contribution in [0.25, 0.3) is 0 Å². The van der Waals surface area contributed by atoms with Gasteiger partial charge in [0.1, 0.15) is 5.82 Å². The molecule has 2 aromatic carbocycles. The van der Waals surface area contributed by atoms with Gasteiger partial charge in [-0.15, -0.1) is 0 Å². The van der Waals surface area contributed by atoms with Crippen LogP contribution in [0.2, 0.25) is 0 Å². The molecule has 1 unspecified atom stereocenters. The van der Waals surface area contributed by atoms with E-state index in [1.54, 1.807) is 4.90 Å². The standard InChI is InChI=1S/C21H22FN3O3/c1-14(26)23-19-12-17(7-8-18(19)22)24-21(28)16-11-20(27)25(13-16)10-9-15-5-3-2-4-6-15/h2-8,12,16H,9-11,13H2,1H3,(H,23,26)(H,24,28). The van der Waals surface area contributed by atoms with Crippen LogP contribution in [0.15, 0.2) is 48.5 Å². The van der Waals surface area contributed by atoms with Crippen molar-refractivity contribution >= 4 is 29.1 Å². The number of amides is 3. The summed E-state index contributed by atoms with van der Waals surface area (Å²) in [6.07, 6.45) is 0.888. The lowest BCUT2D eigenvalue weighted by Gasteiger charge is -2.16. The first-order chi connectivity index (χ1) is 13.4. The highest BCUT2D eigenvalue weighted by Gasteiger charge is 2.34. The Morgan fingerprint density at radius 1 is 1.14 bits per heavy atom. The summed E-state index contributed by atoms with van der Waals surface area (Å²) in [5, 5.41) is 5.08. The molecule has 1 saturated heterocycles. The summed E-state index contributed by atoms with van der Waals surface area (Å²) >= 11 is 0. The highest BCUT2D eigenvalue weighted by atomic mass is 19.1. The summed E-state index contributed by atoms with van der Waals surface area (Å²) in [6, 6.07) is 13.8. The van der Waals surface area contributed by atoms with E-state index in [2.05, 4.69) is 10.6 Å². The van der Waals surface area contributed by atoms with Crippen LogP contribution < -0.4 is 10.6 Å². The van der Waals surface area contributed by atoms with Gasteiger partial charge in [0.2, 0.25) is 17.7 Å². The lowest BCUT2D eigenvalue weighted by atomic mass is 10.1. The van der Waals surface area contributed by atoms with E-state index < -0.39 is 17.6 Å². The molecule has 0 aromatic heterocycles. The molecule has 0 saturated carbocycles. The van der Waals surface area contributed by atoms with Gasteiger partial charge in [0.05, 0.1) is 11.6 Å². The largest absolute Gasteiger partial charge is 0.342 e. The van der Waals surface area contributed by atoms with E-state index in [9.17, 15) is 18.8 Å². The average molecular weight is 383 g/mol. The first-order valence-corrected chi connectivity index (χ1v) is 9.12. The fraction of sp³-hybridized carbons (Fsp3) is 0.286. The third-order valence-corrected chi connectivity index (χ3v) is 4.64. The highest BCUT2D eigenvalue weighted by molar-refractivity contribution is 5.98. The molecule has 6 nitrogen and oxygen atoms in total. The van der Waals surface area contributed by atoms with Crippen molar-refractivity contribution < 1.29 is 18.8 Å². The number of hydrogen-bond donors (Lipinski definition) is 2. The summed E-state index contributed by atoms with van der Waals surface area (Å²) in [5.74, 6) is -1.79. The van der Waals surface area contributed by atoms with Crippen molar-refractivity contribution in [1.82, 2.24) is 4.90 Å².